The van der Waals surface area contributed by atoms with E-state index in [4.69, 9.17) is 16.3 Å². The van der Waals surface area contributed by atoms with E-state index in [-0.39, 0.29) is 28.9 Å². The molecule has 140 valence electrons. The van der Waals surface area contributed by atoms with Crippen LogP contribution in [0.3, 0.4) is 0 Å². The number of hydrogen-bond donors (Lipinski definition) is 3. The number of nitrogens with one attached hydrogen (secondary N) is 2. The number of carbonyl (C=O) groups excluding carboxylic acids is 2. The number of hydrazone groups is 1. The molecule has 2 atom stereocenters. The number of rotatable bonds is 5. The summed E-state index contributed by atoms with van der Waals surface area (Å²) in [7, 11) is 1.40. The summed E-state index contributed by atoms with van der Waals surface area (Å²) in [6, 6.07) is 12.3. The Morgan fingerprint density at radius 3 is 2.81 bits per heavy atom. The first kappa shape index (κ1) is 18.7. The highest BCUT2D eigenvalue weighted by Crippen LogP contribution is 2.32. The number of carbonyl (C=O) groups is 2. The number of ether oxygens (including phenoxy) is 1. The van der Waals surface area contributed by atoms with Crippen LogP contribution in [0.15, 0.2) is 47.6 Å². The summed E-state index contributed by atoms with van der Waals surface area (Å²) >= 11 is 5.96. The number of nitrogens with zero attached hydrogens (tertiary/aromatic N) is 1. The van der Waals surface area contributed by atoms with Crippen molar-refractivity contribution in [3.63, 3.8) is 0 Å². The molecule has 0 saturated carbocycles. The highest BCUT2D eigenvalue weighted by molar-refractivity contribution is 6.31. The Morgan fingerprint density at radius 1 is 1.37 bits per heavy atom. The predicted molar refractivity (Wildman–Crippen MR) is 101 cm³/mol. The summed E-state index contributed by atoms with van der Waals surface area (Å²) in [4.78, 5) is 24.6. The van der Waals surface area contributed by atoms with E-state index in [2.05, 4.69) is 15.8 Å². The lowest BCUT2D eigenvalue weighted by Gasteiger charge is -2.15. The third-order valence-corrected chi connectivity index (χ3v) is 4.58. The first-order valence-electron chi connectivity index (χ1n) is 8.23. The standard InChI is InChI=1S/C19H18ClN3O4/c1-27-15-8-13(20)7-12(17(15)24)9-22-23-19(26)16-14(10-21-18(16)25)11-5-3-2-4-6-11/h2-9,14,16,24H,10H2,1H3,(H,21,25)(H,23,26)/b22-9+/t14-,16-/m1/s1. The average molecular weight is 388 g/mol. The van der Waals surface area contributed by atoms with Gasteiger partial charge in [0.2, 0.25) is 5.91 Å². The van der Waals surface area contributed by atoms with Crippen molar-refractivity contribution >= 4 is 29.6 Å². The summed E-state index contributed by atoms with van der Waals surface area (Å²) < 4.78 is 5.02. The molecule has 1 aliphatic rings. The van der Waals surface area contributed by atoms with Gasteiger partial charge < -0.3 is 15.2 Å². The molecule has 0 aliphatic carbocycles. The Balaban J connectivity index is 1.74. The van der Waals surface area contributed by atoms with Crippen LogP contribution in [-0.4, -0.2) is 36.8 Å². The van der Waals surface area contributed by atoms with Gasteiger partial charge in [-0.1, -0.05) is 41.9 Å². The predicted octanol–water partition coefficient (Wildman–Crippen LogP) is 2.03. The molecule has 1 saturated heterocycles. The number of benzene rings is 2. The smallest absolute Gasteiger partial charge is 0.253 e. The van der Waals surface area contributed by atoms with Crippen LogP contribution in [0.4, 0.5) is 0 Å². The van der Waals surface area contributed by atoms with Crippen molar-refractivity contribution in [2.45, 2.75) is 5.92 Å². The van der Waals surface area contributed by atoms with Gasteiger partial charge in [0.1, 0.15) is 5.92 Å². The van der Waals surface area contributed by atoms with Crippen LogP contribution in [-0.2, 0) is 9.59 Å². The van der Waals surface area contributed by atoms with Crippen molar-refractivity contribution in [3.8, 4) is 11.5 Å². The quantitative estimate of drug-likeness (QED) is 0.415. The molecular weight excluding hydrogens is 370 g/mol. The Hall–Kier alpha value is -3.06. The molecule has 2 amide bonds. The maximum Gasteiger partial charge on any atom is 0.253 e. The van der Waals surface area contributed by atoms with E-state index in [1.165, 1.54) is 25.5 Å². The van der Waals surface area contributed by atoms with E-state index in [0.717, 1.165) is 5.56 Å². The van der Waals surface area contributed by atoms with Crippen LogP contribution in [0.1, 0.15) is 17.0 Å². The summed E-state index contributed by atoms with van der Waals surface area (Å²) in [5.74, 6) is -1.98. The van der Waals surface area contributed by atoms with Crippen molar-refractivity contribution in [3.05, 3.63) is 58.6 Å². The van der Waals surface area contributed by atoms with Gasteiger partial charge in [-0.2, -0.15) is 5.10 Å². The molecule has 0 unspecified atom stereocenters. The number of methoxy groups -OCH3 is 1. The minimum absolute atomic E-state index is 0.152. The van der Waals surface area contributed by atoms with E-state index in [1.807, 2.05) is 30.3 Å². The van der Waals surface area contributed by atoms with Gasteiger partial charge in [0.25, 0.3) is 5.91 Å². The van der Waals surface area contributed by atoms with Crippen LogP contribution in [0.2, 0.25) is 5.02 Å². The summed E-state index contributed by atoms with van der Waals surface area (Å²) in [6.07, 6.45) is 1.24. The number of hydrogen-bond acceptors (Lipinski definition) is 5. The molecule has 1 fully saturated rings. The van der Waals surface area contributed by atoms with E-state index >= 15 is 0 Å². The molecular formula is C19H18ClN3O4. The molecule has 0 bridgehead atoms. The number of phenolic OH excluding ortho intramolecular Hbond substituents is 1. The summed E-state index contributed by atoms with van der Waals surface area (Å²) in [6.45, 7) is 0.386. The van der Waals surface area contributed by atoms with Gasteiger partial charge in [-0.25, -0.2) is 5.43 Å². The molecule has 0 aromatic heterocycles. The fourth-order valence-corrected chi connectivity index (χ4v) is 3.23. The van der Waals surface area contributed by atoms with Gasteiger partial charge in [-0.15, -0.1) is 0 Å². The van der Waals surface area contributed by atoms with Crippen molar-refractivity contribution < 1.29 is 19.4 Å². The third-order valence-electron chi connectivity index (χ3n) is 4.36. The summed E-state index contributed by atoms with van der Waals surface area (Å²) in [5.41, 5.74) is 3.54. The largest absolute Gasteiger partial charge is 0.504 e. The zero-order valence-electron chi connectivity index (χ0n) is 14.5. The van der Waals surface area contributed by atoms with Crippen molar-refractivity contribution in [2.24, 2.45) is 11.0 Å². The highest BCUT2D eigenvalue weighted by atomic mass is 35.5. The molecule has 27 heavy (non-hydrogen) atoms. The number of phenols is 1. The topological polar surface area (TPSA) is 100 Å². The molecule has 0 radical (unpaired) electrons. The van der Waals surface area contributed by atoms with E-state index in [9.17, 15) is 14.7 Å². The van der Waals surface area contributed by atoms with Gasteiger partial charge in [-0.3, -0.25) is 9.59 Å². The maximum absolute atomic E-state index is 12.5. The lowest BCUT2D eigenvalue weighted by Crippen LogP contribution is -2.34. The third kappa shape index (κ3) is 4.03. The summed E-state index contributed by atoms with van der Waals surface area (Å²) in [5, 5.41) is 17.0. The Bertz CT molecular complexity index is 886. The van der Waals surface area contributed by atoms with Crippen LogP contribution >= 0.6 is 11.6 Å². The van der Waals surface area contributed by atoms with Crippen LogP contribution in [0, 0.1) is 5.92 Å². The minimum atomic E-state index is -0.882. The SMILES string of the molecule is COc1cc(Cl)cc(/C=N/NC(=O)[C@H]2C(=O)NC[C@@H]2c2ccccc2)c1O. The van der Waals surface area contributed by atoms with E-state index in [0.29, 0.717) is 11.6 Å². The monoisotopic (exact) mass is 387 g/mol. The van der Waals surface area contributed by atoms with Gasteiger partial charge in [-0.05, 0) is 11.6 Å². The maximum atomic E-state index is 12.5. The molecule has 1 aliphatic heterocycles. The average Bonchev–Trinajstić information content (AvgIpc) is 3.06. The molecule has 0 spiro atoms. The Labute approximate surface area is 161 Å². The minimum Gasteiger partial charge on any atom is -0.504 e. The van der Waals surface area contributed by atoms with Crippen molar-refractivity contribution in [1.82, 2.24) is 10.7 Å². The lowest BCUT2D eigenvalue weighted by molar-refractivity contribution is -0.133. The van der Waals surface area contributed by atoms with Gasteiger partial charge in [0, 0.05) is 29.1 Å². The molecule has 1 heterocycles. The van der Waals surface area contributed by atoms with Gasteiger partial charge >= 0.3 is 0 Å². The molecule has 3 rings (SSSR count). The first-order chi connectivity index (χ1) is 13.0. The second kappa shape index (κ2) is 8.09. The second-order valence-electron chi connectivity index (χ2n) is 6.02. The molecule has 2 aromatic carbocycles. The highest BCUT2D eigenvalue weighted by Gasteiger charge is 2.40. The molecule has 7 nitrogen and oxygen atoms in total. The van der Waals surface area contributed by atoms with E-state index < -0.39 is 11.8 Å². The first-order valence-corrected chi connectivity index (χ1v) is 8.61. The van der Waals surface area contributed by atoms with Crippen molar-refractivity contribution in [2.75, 3.05) is 13.7 Å². The van der Waals surface area contributed by atoms with Crippen LogP contribution in [0.25, 0.3) is 0 Å². The van der Waals surface area contributed by atoms with Gasteiger partial charge in [0.05, 0.1) is 13.3 Å². The van der Waals surface area contributed by atoms with Gasteiger partial charge in [0.15, 0.2) is 11.5 Å². The second-order valence-corrected chi connectivity index (χ2v) is 6.46. The Morgan fingerprint density at radius 2 is 2.11 bits per heavy atom. The normalized spacial score (nSPS) is 19.1. The zero-order chi connectivity index (χ0) is 19.4. The van der Waals surface area contributed by atoms with Crippen molar-refractivity contribution in [1.29, 1.82) is 0 Å². The fourth-order valence-electron chi connectivity index (χ4n) is 3.02. The number of amides is 2. The number of aromatic hydroxyl groups is 1. The molecule has 3 N–H and O–H groups in total. The van der Waals surface area contributed by atoms with Crippen LogP contribution in [0.5, 0.6) is 11.5 Å². The molecule has 2 aromatic rings. The number of halogens is 1. The zero-order valence-corrected chi connectivity index (χ0v) is 15.2. The van der Waals surface area contributed by atoms with Crippen LogP contribution < -0.4 is 15.5 Å². The van der Waals surface area contributed by atoms with E-state index in [1.54, 1.807) is 0 Å². The Kier molecular flexibility index (Phi) is 5.61. The molecule has 8 heteroatoms. The lowest BCUT2D eigenvalue weighted by atomic mass is 9.88. The fraction of sp³-hybridized carbons (Fsp3) is 0.211.